The fraction of sp³-hybridized carbons (Fsp3) is 0.615. The second-order valence-corrected chi connectivity index (χ2v) is 5.83. The van der Waals surface area contributed by atoms with Crippen molar-refractivity contribution in [3.63, 3.8) is 0 Å². The molecule has 88 valence electrons. The van der Waals surface area contributed by atoms with Crippen LogP contribution < -0.4 is 5.32 Å². The van der Waals surface area contributed by atoms with Crippen LogP contribution in [0.1, 0.15) is 38.5 Å². The monoisotopic (exact) mass is 237 g/mol. The van der Waals surface area contributed by atoms with Crippen molar-refractivity contribution in [2.75, 3.05) is 0 Å². The van der Waals surface area contributed by atoms with Gasteiger partial charge in [0, 0.05) is 22.8 Å². The lowest BCUT2D eigenvalue weighted by Crippen LogP contribution is -2.43. The molecule has 1 fully saturated rings. The van der Waals surface area contributed by atoms with E-state index in [0.717, 1.165) is 6.42 Å². The van der Waals surface area contributed by atoms with Crippen LogP contribution in [0.4, 0.5) is 0 Å². The number of carbonyl (C=O) groups excluding carboxylic acids is 1. The SMILES string of the molecule is CCC1NC(=O)CC1(c1cccs1)C(C)C. The van der Waals surface area contributed by atoms with Gasteiger partial charge in [0.2, 0.25) is 5.91 Å². The Morgan fingerprint density at radius 3 is 2.88 bits per heavy atom. The van der Waals surface area contributed by atoms with E-state index in [1.54, 1.807) is 11.3 Å². The van der Waals surface area contributed by atoms with E-state index in [-0.39, 0.29) is 11.3 Å². The first kappa shape index (κ1) is 11.6. The second-order valence-electron chi connectivity index (χ2n) is 4.88. The van der Waals surface area contributed by atoms with E-state index in [1.165, 1.54) is 4.88 Å². The summed E-state index contributed by atoms with van der Waals surface area (Å²) in [6.07, 6.45) is 1.64. The largest absolute Gasteiger partial charge is 0.352 e. The highest BCUT2D eigenvalue weighted by Crippen LogP contribution is 2.45. The van der Waals surface area contributed by atoms with Crippen molar-refractivity contribution in [2.45, 2.75) is 45.1 Å². The second kappa shape index (κ2) is 4.21. The van der Waals surface area contributed by atoms with Gasteiger partial charge in [-0.2, -0.15) is 0 Å². The van der Waals surface area contributed by atoms with Gasteiger partial charge in [0.1, 0.15) is 0 Å². The number of thiophene rings is 1. The van der Waals surface area contributed by atoms with Gasteiger partial charge in [-0.3, -0.25) is 4.79 Å². The molecule has 1 N–H and O–H groups in total. The van der Waals surface area contributed by atoms with Gasteiger partial charge in [-0.25, -0.2) is 0 Å². The first-order valence-corrected chi connectivity index (χ1v) is 6.82. The Labute approximate surface area is 101 Å². The predicted molar refractivity (Wildman–Crippen MR) is 67.7 cm³/mol. The highest BCUT2D eigenvalue weighted by Gasteiger charge is 2.49. The molecule has 2 nitrogen and oxygen atoms in total. The quantitative estimate of drug-likeness (QED) is 0.860. The molecule has 1 aromatic rings. The molecule has 16 heavy (non-hydrogen) atoms. The third-order valence-electron chi connectivity index (χ3n) is 3.83. The zero-order valence-corrected chi connectivity index (χ0v) is 10.9. The van der Waals surface area contributed by atoms with Crippen LogP contribution in [0.3, 0.4) is 0 Å². The summed E-state index contributed by atoms with van der Waals surface area (Å²) in [6, 6.07) is 4.55. The Balaban J connectivity index is 2.47. The molecule has 1 amide bonds. The van der Waals surface area contributed by atoms with Crippen LogP contribution in [-0.4, -0.2) is 11.9 Å². The molecular formula is C13H19NOS. The van der Waals surface area contributed by atoms with Gasteiger partial charge in [-0.05, 0) is 23.8 Å². The first-order chi connectivity index (χ1) is 7.61. The minimum Gasteiger partial charge on any atom is -0.352 e. The molecule has 0 spiro atoms. The molecule has 2 atom stereocenters. The Bertz CT molecular complexity index is 371. The zero-order chi connectivity index (χ0) is 11.8. The molecule has 0 aromatic carbocycles. The predicted octanol–water partition coefficient (Wildman–Crippen LogP) is 2.94. The maximum Gasteiger partial charge on any atom is 0.221 e. The van der Waals surface area contributed by atoms with Gasteiger partial charge in [0.25, 0.3) is 0 Å². The highest BCUT2D eigenvalue weighted by atomic mass is 32.1. The number of rotatable bonds is 3. The summed E-state index contributed by atoms with van der Waals surface area (Å²) in [5.41, 5.74) is 0.0139. The van der Waals surface area contributed by atoms with E-state index in [2.05, 4.69) is 43.6 Å². The summed E-state index contributed by atoms with van der Waals surface area (Å²) >= 11 is 1.78. The normalized spacial score (nSPS) is 29.8. The Morgan fingerprint density at radius 1 is 1.62 bits per heavy atom. The number of hydrogen-bond acceptors (Lipinski definition) is 2. The summed E-state index contributed by atoms with van der Waals surface area (Å²) in [5, 5.41) is 5.24. The van der Waals surface area contributed by atoms with Crippen LogP contribution >= 0.6 is 11.3 Å². The molecular weight excluding hydrogens is 218 g/mol. The van der Waals surface area contributed by atoms with E-state index < -0.39 is 0 Å². The first-order valence-electron chi connectivity index (χ1n) is 5.94. The van der Waals surface area contributed by atoms with Gasteiger partial charge < -0.3 is 5.32 Å². The van der Waals surface area contributed by atoms with E-state index in [9.17, 15) is 4.79 Å². The number of carbonyl (C=O) groups is 1. The van der Waals surface area contributed by atoms with Crippen molar-refractivity contribution in [3.8, 4) is 0 Å². The number of hydrogen-bond donors (Lipinski definition) is 1. The Hall–Kier alpha value is -0.830. The third kappa shape index (κ3) is 1.58. The van der Waals surface area contributed by atoms with Crippen molar-refractivity contribution in [1.29, 1.82) is 0 Å². The van der Waals surface area contributed by atoms with Crippen LogP contribution in [0.25, 0.3) is 0 Å². The highest BCUT2D eigenvalue weighted by molar-refractivity contribution is 7.10. The molecule has 0 radical (unpaired) electrons. The number of amides is 1. The van der Waals surface area contributed by atoms with Gasteiger partial charge in [0.05, 0.1) is 0 Å². The smallest absolute Gasteiger partial charge is 0.221 e. The number of nitrogens with one attached hydrogen (secondary N) is 1. The van der Waals surface area contributed by atoms with E-state index >= 15 is 0 Å². The zero-order valence-electron chi connectivity index (χ0n) is 10.1. The molecule has 2 unspecified atom stereocenters. The Morgan fingerprint density at radius 2 is 2.38 bits per heavy atom. The lowest BCUT2D eigenvalue weighted by molar-refractivity contribution is -0.119. The van der Waals surface area contributed by atoms with Crippen LogP contribution in [-0.2, 0) is 10.2 Å². The Kier molecular flexibility index (Phi) is 3.06. The van der Waals surface area contributed by atoms with Crippen LogP contribution in [0.5, 0.6) is 0 Å². The fourth-order valence-electron chi connectivity index (χ4n) is 2.92. The van der Waals surface area contributed by atoms with Crippen molar-refractivity contribution in [3.05, 3.63) is 22.4 Å². The van der Waals surface area contributed by atoms with Crippen molar-refractivity contribution >= 4 is 17.2 Å². The van der Waals surface area contributed by atoms with Crippen molar-refractivity contribution in [2.24, 2.45) is 5.92 Å². The molecule has 2 heterocycles. The van der Waals surface area contributed by atoms with Gasteiger partial charge >= 0.3 is 0 Å². The van der Waals surface area contributed by atoms with E-state index in [4.69, 9.17) is 0 Å². The maximum atomic E-state index is 11.7. The summed E-state index contributed by atoms with van der Waals surface area (Å²) in [6.45, 7) is 6.60. The average Bonchev–Trinajstić information content (AvgIpc) is 2.83. The average molecular weight is 237 g/mol. The van der Waals surface area contributed by atoms with Gasteiger partial charge in [0.15, 0.2) is 0 Å². The molecule has 0 saturated carbocycles. The van der Waals surface area contributed by atoms with Crippen LogP contribution in [0.15, 0.2) is 17.5 Å². The molecule has 0 bridgehead atoms. The van der Waals surface area contributed by atoms with E-state index in [1.807, 2.05) is 0 Å². The molecule has 1 aromatic heterocycles. The van der Waals surface area contributed by atoms with Crippen molar-refractivity contribution in [1.82, 2.24) is 5.32 Å². The molecule has 1 saturated heterocycles. The molecule has 1 aliphatic heterocycles. The summed E-state index contributed by atoms with van der Waals surface area (Å²) < 4.78 is 0. The summed E-state index contributed by atoms with van der Waals surface area (Å²) in [7, 11) is 0. The summed E-state index contributed by atoms with van der Waals surface area (Å²) in [5.74, 6) is 0.684. The topological polar surface area (TPSA) is 29.1 Å². The van der Waals surface area contributed by atoms with E-state index in [0.29, 0.717) is 18.4 Å². The van der Waals surface area contributed by atoms with Gasteiger partial charge in [-0.1, -0.05) is 26.8 Å². The standard InChI is InChI=1S/C13H19NOS/c1-4-10-13(9(2)3,8-12(15)14-10)11-6-5-7-16-11/h5-7,9-10H,4,8H2,1-3H3,(H,14,15). The molecule has 1 aliphatic rings. The summed E-state index contributed by atoms with van der Waals surface area (Å²) in [4.78, 5) is 13.1. The lowest BCUT2D eigenvalue weighted by Gasteiger charge is -2.36. The minimum atomic E-state index is 0.0139. The minimum absolute atomic E-state index is 0.0139. The van der Waals surface area contributed by atoms with Crippen LogP contribution in [0.2, 0.25) is 0 Å². The molecule has 0 aliphatic carbocycles. The maximum absolute atomic E-state index is 11.7. The van der Waals surface area contributed by atoms with Gasteiger partial charge in [-0.15, -0.1) is 11.3 Å². The lowest BCUT2D eigenvalue weighted by atomic mass is 9.69. The third-order valence-corrected chi connectivity index (χ3v) is 4.89. The fourth-order valence-corrected chi connectivity index (χ4v) is 4.05. The van der Waals surface area contributed by atoms with Crippen molar-refractivity contribution < 1.29 is 4.79 Å². The molecule has 2 rings (SSSR count). The molecule has 3 heteroatoms. The van der Waals surface area contributed by atoms with Crippen LogP contribution in [0, 0.1) is 5.92 Å².